The zero-order chi connectivity index (χ0) is 12.9. The number of Topliss-reactive ketones (excluding diaryl/α,β-unsaturated/α-hetero) is 1. The number of rotatable bonds is 6. The van der Waals surface area contributed by atoms with Crippen molar-refractivity contribution in [2.75, 3.05) is 13.2 Å². The minimum Gasteiger partial charge on any atom is -0.308 e. The Hall–Kier alpha value is -0.700. The number of hydrogen-bond acceptors (Lipinski definition) is 4. The second kappa shape index (κ2) is 6.29. The fourth-order valence-corrected chi connectivity index (χ4v) is 3.99. The van der Waals surface area contributed by atoms with Crippen molar-refractivity contribution in [3.8, 4) is 0 Å². The first-order valence-electron chi connectivity index (χ1n) is 5.81. The maximum absolute atomic E-state index is 12.6. The van der Waals surface area contributed by atoms with Gasteiger partial charge in [-0.2, -0.15) is 0 Å². The van der Waals surface area contributed by atoms with Crippen LogP contribution in [0, 0.1) is 0 Å². The molecule has 0 N–H and O–H groups in total. The first kappa shape index (κ1) is 14.4. The normalized spacial score (nSPS) is 20.2. The number of carbonyl (C=O) groups excluding carboxylic acids is 1. The highest BCUT2D eigenvalue weighted by molar-refractivity contribution is 7.55. The molecule has 1 atom stereocenters. The van der Waals surface area contributed by atoms with Crippen molar-refractivity contribution in [3.05, 3.63) is 23.8 Å². The van der Waals surface area contributed by atoms with Gasteiger partial charge >= 0.3 is 7.60 Å². The molecule has 0 aromatic carbocycles. The standard InChI is InChI=1S/C12H19O4P/c1-4-15-17(14,16-5-2)12-9-7-6-8-11(12)10(3)13/h6-8,12H,4-5,9H2,1-3H3. The van der Waals surface area contributed by atoms with Gasteiger partial charge in [0.2, 0.25) is 0 Å². The van der Waals surface area contributed by atoms with Gasteiger partial charge in [-0.05, 0) is 27.2 Å². The van der Waals surface area contributed by atoms with Crippen LogP contribution in [0.1, 0.15) is 27.2 Å². The molecule has 0 aromatic heterocycles. The summed E-state index contributed by atoms with van der Waals surface area (Å²) in [6, 6.07) is 0. The van der Waals surface area contributed by atoms with Crippen LogP contribution in [-0.2, 0) is 18.4 Å². The minimum atomic E-state index is -3.25. The molecule has 0 saturated heterocycles. The first-order chi connectivity index (χ1) is 8.05. The zero-order valence-corrected chi connectivity index (χ0v) is 11.4. The van der Waals surface area contributed by atoms with E-state index in [4.69, 9.17) is 9.05 Å². The Morgan fingerprint density at radius 1 is 1.41 bits per heavy atom. The van der Waals surface area contributed by atoms with Crippen LogP contribution < -0.4 is 0 Å². The van der Waals surface area contributed by atoms with Gasteiger partial charge in [0, 0.05) is 5.57 Å². The van der Waals surface area contributed by atoms with Gasteiger partial charge in [0.05, 0.1) is 18.9 Å². The van der Waals surface area contributed by atoms with Crippen LogP contribution >= 0.6 is 7.60 Å². The highest BCUT2D eigenvalue weighted by Crippen LogP contribution is 2.57. The molecule has 0 fully saturated rings. The summed E-state index contributed by atoms with van der Waals surface area (Å²) in [7, 11) is -3.25. The molecule has 0 amide bonds. The Bertz CT molecular complexity index is 374. The summed E-state index contributed by atoms with van der Waals surface area (Å²) in [5.41, 5.74) is 0.0580. The summed E-state index contributed by atoms with van der Waals surface area (Å²) in [6.07, 6.45) is 5.89. The van der Waals surface area contributed by atoms with Crippen molar-refractivity contribution in [2.45, 2.75) is 32.9 Å². The summed E-state index contributed by atoms with van der Waals surface area (Å²) < 4.78 is 23.2. The van der Waals surface area contributed by atoms with E-state index >= 15 is 0 Å². The quantitative estimate of drug-likeness (QED) is 0.687. The molecule has 5 heteroatoms. The smallest absolute Gasteiger partial charge is 0.308 e. The van der Waals surface area contributed by atoms with Crippen LogP contribution in [0.2, 0.25) is 0 Å². The summed E-state index contributed by atoms with van der Waals surface area (Å²) >= 11 is 0. The van der Waals surface area contributed by atoms with Crippen LogP contribution in [0.15, 0.2) is 23.8 Å². The van der Waals surface area contributed by atoms with Crippen LogP contribution in [0.25, 0.3) is 0 Å². The molecule has 0 aliphatic heterocycles. The van der Waals surface area contributed by atoms with E-state index in [1.54, 1.807) is 26.0 Å². The maximum Gasteiger partial charge on any atom is 0.338 e. The first-order valence-corrected chi connectivity index (χ1v) is 7.42. The number of carbonyl (C=O) groups is 1. The van der Waals surface area contributed by atoms with E-state index in [2.05, 4.69) is 0 Å². The molecule has 4 nitrogen and oxygen atoms in total. The van der Waals surface area contributed by atoms with Gasteiger partial charge in [-0.15, -0.1) is 0 Å². The third-order valence-electron chi connectivity index (χ3n) is 2.54. The maximum atomic E-state index is 12.6. The molecule has 96 valence electrons. The lowest BCUT2D eigenvalue weighted by Crippen LogP contribution is -2.21. The van der Waals surface area contributed by atoms with E-state index in [1.165, 1.54) is 6.92 Å². The van der Waals surface area contributed by atoms with E-state index < -0.39 is 13.3 Å². The Balaban J connectivity index is 3.02. The topological polar surface area (TPSA) is 52.6 Å². The average Bonchev–Trinajstić information content (AvgIpc) is 2.29. The molecule has 0 bridgehead atoms. The van der Waals surface area contributed by atoms with Gasteiger partial charge in [-0.1, -0.05) is 18.2 Å². The van der Waals surface area contributed by atoms with E-state index in [9.17, 15) is 9.36 Å². The molecule has 1 rings (SSSR count). The summed E-state index contributed by atoms with van der Waals surface area (Å²) in [5, 5.41) is 0. The molecule has 1 aliphatic carbocycles. The summed E-state index contributed by atoms with van der Waals surface area (Å²) in [4.78, 5) is 11.5. The highest BCUT2D eigenvalue weighted by atomic mass is 31.2. The van der Waals surface area contributed by atoms with E-state index in [0.29, 0.717) is 25.2 Å². The fraction of sp³-hybridized carbons (Fsp3) is 0.583. The molecule has 0 spiro atoms. The van der Waals surface area contributed by atoms with Gasteiger partial charge in [-0.25, -0.2) is 0 Å². The van der Waals surface area contributed by atoms with Crippen LogP contribution in [0.4, 0.5) is 0 Å². The van der Waals surface area contributed by atoms with Gasteiger partial charge in [0.15, 0.2) is 5.78 Å². The molecule has 1 aliphatic rings. The van der Waals surface area contributed by atoms with Gasteiger partial charge in [0.1, 0.15) is 0 Å². The molecule has 0 radical (unpaired) electrons. The largest absolute Gasteiger partial charge is 0.338 e. The Labute approximate surface area is 102 Å². The van der Waals surface area contributed by atoms with E-state index in [-0.39, 0.29) is 5.78 Å². The minimum absolute atomic E-state index is 0.0843. The summed E-state index contributed by atoms with van der Waals surface area (Å²) in [6.45, 7) is 5.62. The van der Waals surface area contributed by atoms with Crippen molar-refractivity contribution in [1.82, 2.24) is 0 Å². The van der Waals surface area contributed by atoms with Crippen molar-refractivity contribution < 1.29 is 18.4 Å². The average molecular weight is 258 g/mol. The third kappa shape index (κ3) is 3.38. The van der Waals surface area contributed by atoms with Crippen molar-refractivity contribution in [2.24, 2.45) is 0 Å². The predicted molar refractivity (Wildman–Crippen MR) is 67.2 cm³/mol. The fourth-order valence-electron chi connectivity index (χ4n) is 1.85. The van der Waals surface area contributed by atoms with Gasteiger partial charge in [-0.3, -0.25) is 9.36 Å². The predicted octanol–water partition coefficient (Wildman–Crippen LogP) is 3.10. The highest BCUT2D eigenvalue weighted by Gasteiger charge is 2.39. The molecular formula is C12H19O4P. The SMILES string of the molecule is CCOP(=O)(OCC)C1CC=CC=C1C(C)=O. The second-order valence-electron chi connectivity index (χ2n) is 3.73. The number of ketones is 1. The lowest BCUT2D eigenvalue weighted by Gasteiger charge is -2.27. The molecule has 0 aromatic rings. The lowest BCUT2D eigenvalue weighted by atomic mass is 10.0. The van der Waals surface area contributed by atoms with Gasteiger partial charge in [0.25, 0.3) is 0 Å². The van der Waals surface area contributed by atoms with Crippen molar-refractivity contribution in [1.29, 1.82) is 0 Å². The van der Waals surface area contributed by atoms with E-state index in [0.717, 1.165) is 0 Å². The van der Waals surface area contributed by atoms with Crippen molar-refractivity contribution in [3.63, 3.8) is 0 Å². The Kier molecular flexibility index (Phi) is 5.31. The molecular weight excluding hydrogens is 239 g/mol. The number of hydrogen-bond donors (Lipinski definition) is 0. The Morgan fingerprint density at radius 2 is 2.00 bits per heavy atom. The molecule has 0 heterocycles. The zero-order valence-electron chi connectivity index (χ0n) is 10.5. The number of allylic oxidation sites excluding steroid dienone is 4. The third-order valence-corrected chi connectivity index (χ3v) is 5.03. The molecule has 17 heavy (non-hydrogen) atoms. The monoisotopic (exact) mass is 258 g/mol. The second-order valence-corrected chi connectivity index (χ2v) is 5.95. The van der Waals surface area contributed by atoms with Crippen LogP contribution in [0.5, 0.6) is 0 Å². The van der Waals surface area contributed by atoms with Crippen LogP contribution in [0.3, 0.4) is 0 Å². The summed E-state index contributed by atoms with van der Waals surface area (Å²) in [5.74, 6) is -0.0843. The Morgan fingerprint density at radius 3 is 2.47 bits per heavy atom. The van der Waals surface area contributed by atoms with Gasteiger partial charge < -0.3 is 9.05 Å². The molecule has 1 unspecified atom stereocenters. The van der Waals surface area contributed by atoms with Crippen LogP contribution in [-0.4, -0.2) is 24.7 Å². The van der Waals surface area contributed by atoms with E-state index in [1.807, 2.05) is 6.08 Å². The molecule has 0 saturated carbocycles. The van der Waals surface area contributed by atoms with Crippen molar-refractivity contribution >= 4 is 13.4 Å². The lowest BCUT2D eigenvalue weighted by molar-refractivity contribution is -0.113.